The van der Waals surface area contributed by atoms with Gasteiger partial charge in [0.2, 0.25) is 11.8 Å². The monoisotopic (exact) mass is 661 g/mol. The Labute approximate surface area is 277 Å². The number of nitrogens with zero attached hydrogens (tertiary/aromatic N) is 2. The molecule has 0 aliphatic heterocycles. The number of aryl methyl sites for hydroxylation is 1. The van der Waals surface area contributed by atoms with Crippen LogP contribution in [0, 0.1) is 6.92 Å². The number of carbonyl (C=O) groups excluding carboxylic acids is 2. The van der Waals surface area contributed by atoms with Gasteiger partial charge in [-0.25, -0.2) is 8.42 Å². The van der Waals surface area contributed by atoms with E-state index in [0.717, 1.165) is 27.4 Å². The van der Waals surface area contributed by atoms with Crippen LogP contribution in [0.25, 0.3) is 0 Å². The number of sulfonamides is 1. The fourth-order valence-electron chi connectivity index (χ4n) is 5.06. The third-order valence-electron chi connectivity index (χ3n) is 7.37. The normalized spacial score (nSPS) is 11.8. The molecule has 0 aliphatic carbocycles. The number of ether oxygens (including phenoxy) is 1. The molecule has 8 nitrogen and oxygen atoms in total. The molecular formula is C36H40ClN3O5S. The molecule has 0 saturated carbocycles. The average molecular weight is 662 g/mol. The van der Waals surface area contributed by atoms with Crippen molar-refractivity contribution in [2.75, 3.05) is 24.0 Å². The number of carbonyl (C=O) groups is 2. The summed E-state index contributed by atoms with van der Waals surface area (Å²) < 4.78 is 34.9. The minimum Gasteiger partial charge on any atom is -0.494 e. The van der Waals surface area contributed by atoms with E-state index < -0.39 is 28.5 Å². The first-order valence-electron chi connectivity index (χ1n) is 15.3. The van der Waals surface area contributed by atoms with Gasteiger partial charge in [0, 0.05) is 24.5 Å². The van der Waals surface area contributed by atoms with Crippen LogP contribution in [0.5, 0.6) is 5.75 Å². The molecule has 4 rings (SSSR count). The van der Waals surface area contributed by atoms with Crippen molar-refractivity contribution < 1.29 is 22.7 Å². The summed E-state index contributed by atoms with van der Waals surface area (Å²) in [6.07, 6.45) is 0.974. The molecule has 0 aliphatic rings. The Hall–Kier alpha value is -4.34. The van der Waals surface area contributed by atoms with Gasteiger partial charge in [-0.05, 0) is 79.9 Å². The molecule has 0 bridgehead atoms. The van der Waals surface area contributed by atoms with Gasteiger partial charge in [0.15, 0.2) is 0 Å². The summed E-state index contributed by atoms with van der Waals surface area (Å²) in [7, 11) is -4.24. The second kappa shape index (κ2) is 16.3. The highest BCUT2D eigenvalue weighted by molar-refractivity contribution is 7.92. The standard InChI is InChI=1S/C36H40ClN3O5S/c1-4-22-38-36(42)34(24-28-11-7-6-8-12-28)39(25-29-13-9-10-27(3)23-29)35(41)26-40(31-16-18-32(19-17-31)45-5-2)46(43,44)33-20-14-30(37)15-21-33/h6-21,23,34H,4-5,22,24-26H2,1-3H3,(H,38,42)/t34-/m1/s1. The van der Waals surface area contributed by atoms with E-state index in [2.05, 4.69) is 5.32 Å². The number of anilines is 1. The van der Waals surface area contributed by atoms with Gasteiger partial charge >= 0.3 is 0 Å². The molecule has 242 valence electrons. The summed E-state index contributed by atoms with van der Waals surface area (Å²) in [5.74, 6) is -0.265. The maximum Gasteiger partial charge on any atom is 0.264 e. The van der Waals surface area contributed by atoms with Crippen molar-refractivity contribution >= 4 is 39.1 Å². The number of hydrogen-bond donors (Lipinski definition) is 1. The first-order chi connectivity index (χ1) is 22.1. The van der Waals surface area contributed by atoms with Gasteiger partial charge in [-0.15, -0.1) is 0 Å². The molecule has 2 amide bonds. The minimum atomic E-state index is -4.24. The van der Waals surface area contributed by atoms with Crippen LogP contribution in [0.1, 0.15) is 37.0 Å². The fraction of sp³-hybridized carbons (Fsp3) is 0.278. The highest BCUT2D eigenvalue weighted by Crippen LogP contribution is 2.28. The van der Waals surface area contributed by atoms with Crippen LogP contribution in [0.4, 0.5) is 5.69 Å². The molecule has 46 heavy (non-hydrogen) atoms. The second-order valence-corrected chi connectivity index (χ2v) is 13.2. The Balaban J connectivity index is 1.79. The third kappa shape index (κ3) is 9.11. The van der Waals surface area contributed by atoms with Gasteiger partial charge in [-0.3, -0.25) is 13.9 Å². The Morgan fingerprint density at radius 3 is 2.17 bits per heavy atom. The SMILES string of the molecule is CCCNC(=O)[C@@H](Cc1ccccc1)N(Cc1cccc(C)c1)C(=O)CN(c1ccc(OCC)cc1)S(=O)(=O)c1ccc(Cl)cc1. The number of nitrogens with one attached hydrogen (secondary N) is 1. The zero-order valence-corrected chi connectivity index (χ0v) is 27.9. The van der Waals surface area contributed by atoms with Gasteiger partial charge in [0.25, 0.3) is 10.0 Å². The van der Waals surface area contributed by atoms with Crippen molar-refractivity contribution in [3.8, 4) is 5.75 Å². The predicted octanol–water partition coefficient (Wildman–Crippen LogP) is 6.41. The molecule has 0 unspecified atom stereocenters. The maximum absolute atomic E-state index is 14.5. The molecule has 1 atom stereocenters. The van der Waals surface area contributed by atoms with Gasteiger partial charge in [0.05, 0.1) is 17.2 Å². The van der Waals surface area contributed by atoms with E-state index in [1.165, 1.54) is 29.2 Å². The van der Waals surface area contributed by atoms with E-state index in [0.29, 0.717) is 23.9 Å². The zero-order chi connectivity index (χ0) is 33.1. The van der Waals surface area contributed by atoms with Crippen LogP contribution in [-0.2, 0) is 32.6 Å². The van der Waals surface area contributed by atoms with Crippen molar-refractivity contribution in [3.05, 3.63) is 125 Å². The molecule has 0 heterocycles. The molecule has 1 N–H and O–H groups in total. The van der Waals surface area contributed by atoms with Crippen molar-refractivity contribution in [3.63, 3.8) is 0 Å². The summed E-state index contributed by atoms with van der Waals surface area (Å²) >= 11 is 6.07. The Morgan fingerprint density at radius 1 is 0.870 bits per heavy atom. The summed E-state index contributed by atoms with van der Waals surface area (Å²) in [6.45, 7) is 6.22. The topological polar surface area (TPSA) is 96.0 Å². The lowest BCUT2D eigenvalue weighted by Crippen LogP contribution is -2.53. The molecule has 4 aromatic rings. The van der Waals surface area contributed by atoms with E-state index >= 15 is 0 Å². The fourth-order valence-corrected chi connectivity index (χ4v) is 6.61. The third-order valence-corrected chi connectivity index (χ3v) is 9.41. The maximum atomic E-state index is 14.5. The zero-order valence-electron chi connectivity index (χ0n) is 26.4. The lowest BCUT2D eigenvalue weighted by atomic mass is 10.0. The molecule has 0 radical (unpaired) electrons. The largest absolute Gasteiger partial charge is 0.494 e. The number of halogens is 1. The Bertz CT molecular complexity index is 1700. The molecule has 4 aromatic carbocycles. The lowest BCUT2D eigenvalue weighted by molar-refractivity contribution is -0.140. The highest BCUT2D eigenvalue weighted by Gasteiger charge is 2.34. The first-order valence-corrected chi connectivity index (χ1v) is 17.1. The summed E-state index contributed by atoms with van der Waals surface area (Å²) in [4.78, 5) is 29.7. The van der Waals surface area contributed by atoms with E-state index in [4.69, 9.17) is 16.3 Å². The quantitative estimate of drug-likeness (QED) is 0.159. The van der Waals surface area contributed by atoms with Crippen LogP contribution in [0.2, 0.25) is 5.02 Å². The van der Waals surface area contributed by atoms with Crippen molar-refractivity contribution in [2.45, 2.75) is 51.1 Å². The van der Waals surface area contributed by atoms with Crippen LogP contribution in [-0.4, -0.2) is 50.9 Å². The summed E-state index contributed by atoms with van der Waals surface area (Å²) in [5.41, 5.74) is 2.97. The van der Waals surface area contributed by atoms with Crippen molar-refractivity contribution in [1.29, 1.82) is 0 Å². The highest BCUT2D eigenvalue weighted by atomic mass is 35.5. The second-order valence-electron chi connectivity index (χ2n) is 10.9. The van der Waals surface area contributed by atoms with Crippen LogP contribution < -0.4 is 14.4 Å². The molecule has 0 saturated heterocycles. The van der Waals surface area contributed by atoms with Crippen molar-refractivity contribution in [2.24, 2.45) is 0 Å². The number of benzene rings is 4. The van der Waals surface area contributed by atoms with Gasteiger partial charge in [-0.2, -0.15) is 0 Å². The van der Waals surface area contributed by atoms with E-state index in [1.807, 2.05) is 75.4 Å². The van der Waals surface area contributed by atoms with Crippen LogP contribution in [0.15, 0.2) is 108 Å². The number of amides is 2. The predicted molar refractivity (Wildman–Crippen MR) is 183 cm³/mol. The van der Waals surface area contributed by atoms with Gasteiger partial charge in [-0.1, -0.05) is 78.7 Å². The first kappa shape index (κ1) is 34.5. The molecule has 0 fully saturated rings. The molecule has 10 heteroatoms. The van der Waals surface area contributed by atoms with Crippen LogP contribution in [0.3, 0.4) is 0 Å². The smallest absolute Gasteiger partial charge is 0.264 e. The summed E-state index contributed by atoms with van der Waals surface area (Å²) in [5, 5.41) is 3.34. The summed E-state index contributed by atoms with van der Waals surface area (Å²) in [6, 6.07) is 28.6. The van der Waals surface area contributed by atoms with Crippen LogP contribution >= 0.6 is 11.6 Å². The average Bonchev–Trinajstić information content (AvgIpc) is 3.05. The molecule has 0 aromatic heterocycles. The van der Waals surface area contributed by atoms with Crippen molar-refractivity contribution in [1.82, 2.24) is 10.2 Å². The Kier molecular flexibility index (Phi) is 12.2. The van der Waals surface area contributed by atoms with Gasteiger partial charge in [0.1, 0.15) is 18.3 Å². The molecular weight excluding hydrogens is 622 g/mol. The van der Waals surface area contributed by atoms with E-state index in [1.54, 1.807) is 24.3 Å². The minimum absolute atomic E-state index is 0.0228. The Morgan fingerprint density at radius 2 is 1.54 bits per heavy atom. The lowest BCUT2D eigenvalue weighted by Gasteiger charge is -2.34. The number of hydrogen-bond acceptors (Lipinski definition) is 5. The van der Waals surface area contributed by atoms with E-state index in [9.17, 15) is 18.0 Å². The number of rotatable bonds is 15. The van der Waals surface area contributed by atoms with E-state index in [-0.39, 0.29) is 29.5 Å². The van der Waals surface area contributed by atoms with Gasteiger partial charge < -0.3 is 15.0 Å². The molecule has 0 spiro atoms.